The van der Waals surface area contributed by atoms with E-state index in [4.69, 9.17) is 9.15 Å². The van der Waals surface area contributed by atoms with Crippen LogP contribution in [0.3, 0.4) is 0 Å². The van der Waals surface area contributed by atoms with Crippen LogP contribution in [0.25, 0.3) is 20.9 Å². The fourth-order valence-corrected chi connectivity index (χ4v) is 4.49. The Morgan fingerprint density at radius 1 is 1.18 bits per heavy atom. The Hall–Kier alpha value is -2.77. The maximum absolute atomic E-state index is 12.3. The van der Waals surface area contributed by atoms with Crippen LogP contribution < -0.4 is 5.63 Å². The first-order valence-electron chi connectivity index (χ1n) is 8.67. The molecule has 0 spiro atoms. The predicted octanol–water partition coefficient (Wildman–Crippen LogP) is 4.88. The number of carbonyl (C=O) groups excluding carboxylic acids is 1. The molecule has 0 amide bonds. The van der Waals surface area contributed by atoms with Crippen LogP contribution in [0.15, 0.2) is 50.3 Å². The van der Waals surface area contributed by atoms with Gasteiger partial charge in [-0.25, -0.2) is 9.78 Å². The van der Waals surface area contributed by atoms with Crippen LogP contribution in [0, 0.1) is 13.8 Å². The zero-order valence-corrected chi connectivity index (χ0v) is 17.0. The summed E-state index contributed by atoms with van der Waals surface area (Å²) in [4.78, 5) is 29.7. The summed E-state index contributed by atoms with van der Waals surface area (Å²) in [6.07, 6.45) is 0.0966. The van der Waals surface area contributed by atoms with Crippen LogP contribution >= 0.6 is 22.7 Å². The molecule has 4 aromatic rings. The lowest BCUT2D eigenvalue weighted by Crippen LogP contribution is -2.10. The van der Waals surface area contributed by atoms with E-state index >= 15 is 0 Å². The Morgan fingerprint density at radius 2 is 2.00 bits per heavy atom. The topological polar surface area (TPSA) is 69.4 Å². The first-order valence-corrected chi connectivity index (χ1v) is 10.4. The smallest absolute Gasteiger partial charge is 0.336 e. The van der Waals surface area contributed by atoms with Gasteiger partial charge in [0.15, 0.2) is 0 Å². The summed E-state index contributed by atoms with van der Waals surface area (Å²) in [7, 11) is 0. The number of fused-ring (bicyclic) bond motifs is 1. The highest BCUT2D eigenvalue weighted by molar-refractivity contribution is 7.20. The molecule has 142 valence electrons. The number of hydrogen-bond acceptors (Lipinski definition) is 7. The lowest BCUT2D eigenvalue weighted by Gasteiger charge is -2.09. The summed E-state index contributed by atoms with van der Waals surface area (Å²) in [6, 6.07) is 9.13. The van der Waals surface area contributed by atoms with Crippen molar-refractivity contribution in [2.24, 2.45) is 0 Å². The quantitative estimate of drug-likeness (QED) is 0.346. The summed E-state index contributed by atoms with van der Waals surface area (Å²) in [5.41, 5.74) is 3.48. The van der Waals surface area contributed by atoms with Gasteiger partial charge in [0.1, 0.15) is 17.2 Å². The van der Waals surface area contributed by atoms with E-state index in [1.165, 1.54) is 17.4 Å². The normalized spacial score (nSPS) is 11.1. The predicted molar refractivity (Wildman–Crippen MR) is 111 cm³/mol. The van der Waals surface area contributed by atoms with Crippen LogP contribution in [0.5, 0.6) is 0 Å². The van der Waals surface area contributed by atoms with Crippen molar-refractivity contribution in [3.8, 4) is 9.88 Å². The third kappa shape index (κ3) is 3.90. The number of carbonyl (C=O) groups is 1. The van der Waals surface area contributed by atoms with Gasteiger partial charge in [-0.1, -0.05) is 6.07 Å². The molecule has 3 aromatic heterocycles. The Labute approximate surface area is 169 Å². The molecule has 28 heavy (non-hydrogen) atoms. The minimum absolute atomic E-state index is 0.0192. The molecule has 0 aliphatic heterocycles. The van der Waals surface area contributed by atoms with Gasteiger partial charge in [0.05, 0.1) is 17.0 Å². The van der Waals surface area contributed by atoms with Gasteiger partial charge in [0, 0.05) is 22.4 Å². The minimum Gasteiger partial charge on any atom is -0.460 e. The van der Waals surface area contributed by atoms with E-state index in [2.05, 4.69) is 4.98 Å². The van der Waals surface area contributed by atoms with E-state index in [9.17, 15) is 9.59 Å². The van der Waals surface area contributed by atoms with Crippen molar-refractivity contribution >= 4 is 39.6 Å². The second-order valence-corrected chi connectivity index (χ2v) is 8.29. The van der Waals surface area contributed by atoms with E-state index in [0.29, 0.717) is 16.8 Å². The van der Waals surface area contributed by atoms with Crippen molar-refractivity contribution < 1.29 is 13.9 Å². The summed E-state index contributed by atoms with van der Waals surface area (Å²) < 4.78 is 10.7. The number of hydrogen-bond donors (Lipinski definition) is 0. The second kappa shape index (κ2) is 7.69. The van der Waals surface area contributed by atoms with E-state index in [-0.39, 0.29) is 19.0 Å². The number of thiazole rings is 1. The number of aromatic nitrogens is 1. The van der Waals surface area contributed by atoms with Gasteiger partial charge in [-0.05, 0) is 48.6 Å². The lowest BCUT2D eigenvalue weighted by atomic mass is 10.0. The fraction of sp³-hybridized carbons (Fsp3) is 0.190. The number of esters is 1. The second-order valence-electron chi connectivity index (χ2n) is 6.48. The molecule has 0 saturated heterocycles. The zero-order valence-electron chi connectivity index (χ0n) is 15.4. The van der Waals surface area contributed by atoms with Gasteiger partial charge in [0.25, 0.3) is 0 Å². The summed E-state index contributed by atoms with van der Waals surface area (Å²) >= 11 is 3.12. The molecule has 0 aliphatic carbocycles. The summed E-state index contributed by atoms with van der Waals surface area (Å²) in [5, 5.41) is 5.54. The van der Waals surface area contributed by atoms with E-state index in [1.54, 1.807) is 11.3 Å². The van der Waals surface area contributed by atoms with Crippen molar-refractivity contribution in [1.82, 2.24) is 4.98 Å². The highest BCUT2D eigenvalue weighted by Gasteiger charge is 2.13. The first-order chi connectivity index (χ1) is 13.5. The summed E-state index contributed by atoms with van der Waals surface area (Å²) in [5.74, 6) is -0.381. The lowest BCUT2D eigenvalue weighted by molar-refractivity contribution is -0.144. The highest BCUT2D eigenvalue weighted by Crippen LogP contribution is 2.28. The maximum Gasteiger partial charge on any atom is 0.336 e. The monoisotopic (exact) mass is 411 g/mol. The van der Waals surface area contributed by atoms with Crippen molar-refractivity contribution in [2.75, 3.05) is 0 Å². The SMILES string of the molecule is Cc1cc2oc(=O)cc(COC(=O)Cc3csc(-c4cccs4)n3)c2cc1C. The molecule has 3 heterocycles. The molecular weight excluding hydrogens is 394 g/mol. The molecule has 0 fully saturated rings. The van der Waals surface area contributed by atoms with Crippen molar-refractivity contribution in [3.05, 3.63) is 73.9 Å². The van der Waals surface area contributed by atoms with E-state index in [0.717, 1.165) is 26.4 Å². The third-order valence-corrected chi connectivity index (χ3v) is 6.37. The van der Waals surface area contributed by atoms with Gasteiger partial charge >= 0.3 is 11.6 Å². The molecule has 4 rings (SSSR count). The Morgan fingerprint density at radius 3 is 2.79 bits per heavy atom. The largest absolute Gasteiger partial charge is 0.460 e. The number of benzene rings is 1. The molecule has 0 atom stereocenters. The third-order valence-electron chi connectivity index (χ3n) is 4.44. The standard InChI is InChI=1S/C21H17NO4S2/c1-12-6-16-14(8-20(24)26-17(16)7-13(12)2)10-25-19(23)9-15-11-28-21(22-15)18-4-3-5-27-18/h3-8,11H,9-10H2,1-2H3. The number of rotatable bonds is 5. The van der Waals surface area contributed by atoms with Crippen LogP contribution in [0.4, 0.5) is 0 Å². The van der Waals surface area contributed by atoms with Gasteiger partial charge in [-0.15, -0.1) is 22.7 Å². The van der Waals surface area contributed by atoms with Crippen LogP contribution in [-0.2, 0) is 22.6 Å². The van der Waals surface area contributed by atoms with E-state index in [1.807, 2.05) is 48.9 Å². The average Bonchev–Trinajstić information content (AvgIpc) is 3.32. The van der Waals surface area contributed by atoms with Crippen LogP contribution in [-0.4, -0.2) is 11.0 Å². The Kier molecular flexibility index (Phi) is 5.11. The Balaban J connectivity index is 1.48. The molecule has 0 N–H and O–H groups in total. The highest BCUT2D eigenvalue weighted by atomic mass is 32.1. The number of aryl methyl sites for hydroxylation is 2. The van der Waals surface area contributed by atoms with Crippen LogP contribution in [0.2, 0.25) is 0 Å². The van der Waals surface area contributed by atoms with Crippen LogP contribution in [0.1, 0.15) is 22.4 Å². The van der Waals surface area contributed by atoms with E-state index < -0.39 is 5.63 Å². The molecule has 0 bridgehead atoms. The molecule has 0 aliphatic rings. The molecule has 5 nitrogen and oxygen atoms in total. The van der Waals surface area contributed by atoms with Crippen molar-refractivity contribution in [2.45, 2.75) is 26.9 Å². The first kappa shape index (κ1) is 18.6. The van der Waals surface area contributed by atoms with Gasteiger partial charge in [-0.2, -0.15) is 0 Å². The molecular formula is C21H17NO4S2. The number of nitrogens with zero attached hydrogens (tertiary/aromatic N) is 1. The number of thiophene rings is 1. The van der Waals surface area contributed by atoms with Gasteiger partial charge in [-0.3, -0.25) is 4.79 Å². The molecule has 0 radical (unpaired) electrons. The van der Waals surface area contributed by atoms with Gasteiger partial charge in [0.2, 0.25) is 0 Å². The van der Waals surface area contributed by atoms with Crippen molar-refractivity contribution in [3.63, 3.8) is 0 Å². The van der Waals surface area contributed by atoms with Gasteiger partial charge < -0.3 is 9.15 Å². The zero-order chi connectivity index (χ0) is 19.7. The average molecular weight is 412 g/mol. The maximum atomic E-state index is 12.3. The molecule has 1 aromatic carbocycles. The number of ether oxygens (including phenoxy) is 1. The molecule has 0 saturated carbocycles. The molecule has 0 unspecified atom stereocenters. The van der Waals surface area contributed by atoms with Crippen molar-refractivity contribution in [1.29, 1.82) is 0 Å². The summed E-state index contributed by atoms with van der Waals surface area (Å²) in [6.45, 7) is 3.97. The fourth-order valence-electron chi connectivity index (χ4n) is 2.86. The minimum atomic E-state index is -0.457. The Bertz CT molecular complexity index is 1210. The molecule has 7 heteroatoms.